The van der Waals surface area contributed by atoms with E-state index in [0.29, 0.717) is 10.0 Å². The molecule has 0 aromatic heterocycles. The third kappa shape index (κ3) is 4.48. The molecule has 0 amide bonds. The molecule has 0 saturated carbocycles. The van der Waals surface area contributed by atoms with Crippen LogP contribution in [0.1, 0.15) is 48.2 Å². The largest absolute Gasteiger partial charge is 0.490 e. The van der Waals surface area contributed by atoms with Crippen LogP contribution in [-0.4, -0.2) is 11.9 Å². The van der Waals surface area contributed by atoms with Crippen LogP contribution in [0.15, 0.2) is 71.7 Å². The first-order valence-electron chi connectivity index (χ1n) is 10.0. The SMILES string of the molecule is Cc1ccc(C2=NC(c3ccc(Cl)cc3)C(c3ccc(Cl)cc3)N2)c(OC(C)C)c1. The van der Waals surface area contributed by atoms with Gasteiger partial charge in [0.15, 0.2) is 0 Å². The number of halogens is 2. The highest BCUT2D eigenvalue weighted by Crippen LogP contribution is 2.39. The molecule has 0 bridgehead atoms. The van der Waals surface area contributed by atoms with Gasteiger partial charge in [-0.2, -0.15) is 0 Å². The summed E-state index contributed by atoms with van der Waals surface area (Å²) in [4.78, 5) is 5.09. The number of amidine groups is 1. The predicted molar refractivity (Wildman–Crippen MR) is 125 cm³/mol. The fourth-order valence-electron chi connectivity index (χ4n) is 3.66. The molecule has 3 aromatic rings. The molecule has 0 aliphatic carbocycles. The molecule has 0 fully saturated rings. The molecular formula is C25H24Cl2N2O. The maximum Gasteiger partial charge on any atom is 0.133 e. The van der Waals surface area contributed by atoms with Gasteiger partial charge in [0.05, 0.1) is 17.7 Å². The average Bonchev–Trinajstić information content (AvgIpc) is 3.14. The summed E-state index contributed by atoms with van der Waals surface area (Å²) in [7, 11) is 0. The number of nitrogens with one attached hydrogen (secondary N) is 1. The second kappa shape index (κ2) is 8.71. The molecule has 1 N–H and O–H groups in total. The number of hydrogen-bond donors (Lipinski definition) is 1. The van der Waals surface area contributed by atoms with E-state index in [1.54, 1.807) is 0 Å². The molecule has 1 aliphatic heterocycles. The number of rotatable bonds is 5. The van der Waals surface area contributed by atoms with E-state index in [4.69, 9.17) is 32.9 Å². The van der Waals surface area contributed by atoms with E-state index in [-0.39, 0.29) is 18.2 Å². The minimum absolute atomic E-state index is 0.0216. The van der Waals surface area contributed by atoms with E-state index >= 15 is 0 Å². The minimum Gasteiger partial charge on any atom is -0.490 e. The van der Waals surface area contributed by atoms with E-state index in [1.807, 2.05) is 62.4 Å². The lowest BCUT2D eigenvalue weighted by Gasteiger charge is -2.20. The molecule has 2 atom stereocenters. The van der Waals surface area contributed by atoms with Crippen LogP contribution >= 0.6 is 23.2 Å². The van der Waals surface area contributed by atoms with Crippen molar-refractivity contribution in [3.05, 3.63) is 99.0 Å². The number of benzene rings is 3. The molecular weight excluding hydrogens is 415 g/mol. The minimum atomic E-state index is -0.0911. The second-order valence-corrected chi connectivity index (χ2v) is 8.69. The van der Waals surface area contributed by atoms with Crippen LogP contribution in [0.4, 0.5) is 0 Å². The summed E-state index contributed by atoms with van der Waals surface area (Å²) in [6.45, 7) is 6.12. The van der Waals surface area contributed by atoms with Crippen molar-refractivity contribution < 1.29 is 4.74 Å². The Labute approximate surface area is 187 Å². The predicted octanol–water partition coefficient (Wildman–Crippen LogP) is 6.92. The van der Waals surface area contributed by atoms with Gasteiger partial charge in [-0.05, 0) is 73.9 Å². The van der Waals surface area contributed by atoms with E-state index in [1.165, 1.54) is 0 Å². The van der Waals surface area contributed by atoms with Crippen LogP contribution in [0.5, 0.6) is 5.75 Å². The fraction of sp³-hybridized carbons (Fsp3) is 0.240. The van der Waals surface area contributed by atoms with Crippen LogP contribution in [0, 0.1) is 6.92 Å². The number of ether oxygens (including phenoxy) is 1. The molecule has 0 spiro atoms. The zero-order valence-corrected chi connectivity index (χ0v) is 18.7. The Morgan fingerprint density at radius 1 is 0.867 bits per heavy atom. The highest BCUT2D eigenvalue weighted by Gasteiger charge is 2.33. The molecule has 30 heavy (non-hydrogen) atoms. The third-order valence-corrected chi connectivity index (χ3v) is 5.58. The van der Waals surface area contributed by atoms with Crippen LogP contribution in [0.25, 0.3) is 0 Å². The highest BCUT2D eigenvalue weighted by atomic mass is 35.5. The van der Waals surface area contributed by atoms with Crippen LogP contribution in [0.2, 0.25) is 10.0 Å². The van der Waals surface area contributed by atoms with Crippen molar-refractivity contribution in [3.63, 3.8) is 0 Å². The Balaban J connectivity index is 1.77. The zero-order valence-electron chi connectivity index (χ0n) is 17.2. The Bertz CT molecular complexity index is 1060. The standard InChI is InChI=1S/C25H24Cl2N2O/c1-15(2)30-22-14-16(3)4-13-21(22)25-28-23(17-5-9-19(26)10-6-17)24(29-25)18-7-11-20(27)12-8-18/h4-15,23-24H,1-3H3,(H,28,29). The summed E-state index contributed by atoms with van der Waals surface area (Å²) in [5.41, 5.74) is 4.33. The average molecular weight is 439 g/mol. The molecule has 154 valence electrons. The third-order valence-electron chi connectivity index (χ3n) is 5.07. The molecule has 2 unspecified atom stereocenters. The van der Waals surface area contributed by atoms with Crippen LogP contribution < -0.4 is 10.1 Å². The first kappa shape index (κ1) is 20.8. The quantitative estimate of drug-likeness (QED) is 0.468. The molecule has 4 rings (SSSR count). The molecule has 3 aromatic carbocycles. The van der Waals surface area contributed by atoms with Crippen LogP contribution in [0.3, 0.4) is 0 Å². The van der Waals surface area contributed by atoms with E-state index in [0.717, 1.165) is 33.8 Å². The monoisotopic (exact) mass is 438 g/mol. The van der Waals surface area contributed by atoms with E-state index in [9.17, 15) is 0 Å². The molecule has 3 nitrogen and oxygen atoms in total. The Morgan fingerprint density at radius 3 is 2.07 bits per heavy atom. The topological polar surface area (TPSA) is 33.6 Å². The van der Waals surface area contributed by atoms with Gasteiger partial charge < -0.3 is 10.1 Å². The van der Waals surface area contributed by atoms with Gasteiger partial charge in [-0.1, -0.05) is 53.5 Å². The van der Waals surface area contributed by atoms with Crippen LogP contribution in [-0.2, 0) is 0 Å². The molecule has 0 saturated heterocycles. The first-order valence-corrected chi connectivity index (χ1v) is 10.8. The molecule has 0 radical (unpaired) electrons. The summed E-state index contributed by atoms with van der Waals surface area (Å²) < 4.78 is 6.10. The van der Waals surface area contributed by atoms with Gasteiger partial charge in [-0.3, -0.25) is 4.99 Å². The Morgan fingerprint density at radius 2 is 1.47 bits per heavy atom. The summed E-state index contributed by atoms with van der Waals surface area (Å²) >= 11 is 12.2. The van der Waals surface area contributed by atoms with Crippen molar-refractivity contribution >= 4 is 29.0 Å². The normalized spacial score (nSPS) is 18.3. The van der Waals surface area contributed by atoms with Gasteiger partial charge >= 0.3 is 0 Å². The lowest BCUT2D eigenvalue weighted by Crippen LogP contribution is -2.26. The van der Waals surface area contributed by atoms with E-state index in [2.05, 4.69) is 30.4 Å². The van der Waals surface area contributed by atoms with Crippen molar-refractivity contribution in [1.29, 1.82) is 0 Å². The summed E-state index contributed by atoms with van der Waals surface area (Å²) in [5.74, 6) is 1.66. The second-order valence-electron chi connectivity index (χ2n) is 7.81. The van der Waals surface area contributed by atoms with Gasteiger partial charge in [-0.15, -0.1) is 0 Å². The summed E-state index contributed by atoms with van der Waals surface area (Å²) in [6.07, 6.45) is 0.0756. The molecule has 1 aliphatic rings. The molecule has 5 heteroatoms. The van der Waals surface area contributed by atoms with Gasteiger partial charge in [-0.25, -0.2) is 0 Å². The number of aliphatic imine (C=N–C) groups is 1. The summed E-state index contributed by atoms with van der Waals surface area (Å²) in [6, 6.07) is 21.9. The van der Waals surface area contributed by atoms with Gasteiger partial charge in [0, 0.05) is 10.0 Å². The lowest BCUT2D eigenvalue weighted by molar-refractivity contribution is 0.242. The van der Waals surface area contributed by atoms with Crippen molar-refractivity contribution in [2.24, 2.45) is 4.99 Å². The van der Waals surface area contributed by atoms with Crippen molar-refractivity contribution in [3.8, 4) is 5.75 Å². The van der Waals surface area contributed by atoms with Gasteiger partial charge in [0.25, 0.3) is 0 Å². The van der Waals surface area contributed by atoms with E-state index < -0.39 is 0 Å². The zero-order chi connectivity index (χ0) is 21.3. The Kier molecular flexibility index (Phi) is 6.03. The number of aryl methyl sites for hydroxylation is 1. The first-order chi connectivity index (χ1) is 14.4. The van der Waals surface area contributed by atoms with Crippen molar-refractivity contribution in [2.45, 2.75) is 39.0 Å². The van der Waals surface area contributed by atoms with Crippen molar-refractivity contribution in [1.82, 2.24) is 5.32 Å². The fourth-order valence-corrected chi connectivity index (χ4v) is 3.92. The maximum absolute atomic E-state index is 6.12. The summed E-state index contributed by atoms with van der Waals surface area (Å²) in [5, 5.41) is 5.06. The van der Waals surface area contributed by atoms with Gasteiger partial charge in [0.2, 0.25) is 0 Å². The number of hydrogen-bond acceptors (Lipinski definition) is 3. The number of nitrogens with zero attached hydrogens (tertiary/aromatic N) is 1. The highest BCUT2D eigenvalue weighted by molar-refractivity contribution is 6.30. The van der Waals surface area contributed by atoms with Gasteiger partial charge in [0.1, 0.15) is 17.6 Å². The Hall–Kier alpha value is -2.49. The lowest BCUT2D eigenvalue weighted by atomic mass is 9.95. The van der Waals surface area contributed by atoms with Crippen molar-refractivity contribution in [2.75, 3.05) is 0 Å². The maximum atomic E-state index is 6.12. The molecule has 1 heterocycles. The smallest absolute Gasteiger partial charge is 0.133 e.